The van der Waals surface area contributed by atoms with E-state index in [0.29, 0.717) is 23.1 Å². The van der Waals surface area contributed by atoms with Gasteiger partial charge in [0.15, 0.2) is 0 Å². The van der Waals surface area contributed by atoms with Gasteiger partial charge in [0.05, 0.1) is 12.5 Å². The summed E-state index contributed by atoms with van der Waals surface area (Å²) in [7, 11) is 1.58. The lowest BCUT2D eigenvalue weighted by molar-refractivity contribution is 0.0703. The number of piperidine rings is 1. The van der Waals surface area contributed by atoms with Crippen LogP contribution in [0.1, 0.15) is 23.0 Å². The Morgan fingerprint density at radius 2 is 2.41 bits per heavy atom. The number of ether oxygens (including phenoxy) is 1. The number of methoxy groups -OCH3 is 1. The molecule has 1 saturated heterocycles. The molecule has 3 nitrogen and oxygen atoms in total. The maximum Gasteiger partial charge on any atom is 0.267 e. The Morgan fingerprint density at radius 1 is 1.65 bits per heavy atom. The van der Waals surface area contributed by atoms with Crippen LogP contribution in [0, 0.1) is 5.92 Å². The zero-order valence-electron chi connectivity index (χ0n) is 9.98. The Labute approximate surface area is 110 Å². The highest BCUT2D eigenvalue weighted by Gasteiger charge is 2.29. The quantitative estimate of drug-likeness (QED) is 0.776. The molecule has 94 valence electrons. The number of carbonyl (C=O) groups is 1. The minimum atomic E-state index is 0.0365. The fourth-order valence-corrected chi connectivity index (χ4v) is 3.08. The van der Waals surface area contributed by atoms with Crippen LogP contribution in [-0.2, 0) is 0 Å². The molecule has 0 aromatic carbocycles. The second-order valence-corrected chi connectivity index (χ2v) is 5.83. The molecule has 1 aliphatic rings. The molecule has 2 unspecified atom stereocenters. The number of hydrogen-bond donors (Lipinski definition) is 0. The number of likely N-dealkylation sites (tertiary alicyclic amines) is 1. The normalized spacial score (nSPS) is 24.8. The minimum Gasteiger partial charge on any atom is -0.495 e. The van der Waals surface area contributed by atoms with Gasteiger partial charge in [0.1, 0.15) is 10.6 Å². The zero-order valence-corrected chi connectivity index (χ0v) is 11.6. The Morgan fingerprint density at radius 3 is 3.06 bits per heavy atom. The van der Waals surface area contributed by atoms with E-state index in [-0.39, 0.29) is 11.3 Å². The molecule has 2 heterocycles. The van der Waals surface area contributed by atoms with Crippen molar-refractivity contribution in [3.05, 3.63) is 16.3 Å². The fourth-order valence-electron chi connectivity index (χ4n) is 1.96. The van der Waals surface area contributed by atoms with E-state index in [4.69, 9.17) is 16.3 Å². The summed E-state index contributed by atoms with van der Waals surface area (Å²) < 4.78 is 5.18. The van der Waals surface area contributed by atoms with Crippen molar-refractivity contribution in [1.82, 2.24) is 4.90 Å². The molecular weight excluding hydrogens is 258 g/mol. The van der Waals surface area contributed by atoms with Crippen LogP contribution >= 0.6 is 22.9 Å². The van der Waals surface area contributed by atoms with Crippen molar-refractivity contribution in [3.8, 4) is 5.75 Å². The van der Waals surface area contributed by atoms with Gasteiger partial charge in [-0.05, 0) is 23.8 Å². The standard InChI is InChI=1S/C12H16ClNO2S/c1-8-3-5-14(7-9(8)13)12(15)11-10(16-2)4-6-17-11/h4,6,8-9H,3,5,7H2,1-2H3. The summed E-state index contributed by atoms with van der Waals surface area (Å²) in [5.41, 5.74) is 0. The summed E-state index contributed by atoms with van der Waals surface area (Å²) in [6.07, 6.45) is 0.966. The topological polar surface area (TPSA) is 29.5 Å². The van der Waals surface area contributed by atoms with Crippen molar-refractivity contribution in [1.29, 1.82) is 0 Å². The second kappa shape index (κ2) is 5.27. The molecule has 0 radical (unpaired) electrons. The van der Waals surface area contributed by atoms with Gasteiger partial charge < -0.3 is 9.64 Å². The molecule has 2 rings (SSSR count). The van der Waals surface area contributed by atoms with Crippen LogP contribution in [0.3, 0.4) is 0 Å². The highest BCUT2D eigenvalue weighted by molar-refractivity contribution is 7.12. The third-order valence-corrected chi connectivity index (χ3v) is 4.65. The second-order valence-electron chi connectivity index (χ2n) is 4.35. The van der Waals surface area contributed by atoms with Crippen molar-refractivity contribution < 1.29 is 9.53 Å². The number of rotatable bonds is 2. The Kier molecular flexibility index (Phi) is 3.94. The number of alkyl halides is 1. The molecule has 0 saturated carbocycles. The summed E-state index contributed by atoms with van der Waals surface area (Å²) in [4.78, 5) is 14.8. The van der Waals surface area contributed by atoms with E-state index in [9.17, 15) is 4.79 Å². The highest BCUT2D eigenvalue weighted by atomic mass is 35.5. The predicted molar refractivity (Wildman–Crippen MR) is 70.2 cm³/mol. The third kappa shape index (κ3) is 2.58. The molecule has 1 fully saturated rings. The lowest BCUT2D eigenvalue weighted by Gasteiger charge is -2.33. The van der Waals surface area contributed by atoms with Gasteiger partial charge in [-0.15, -0.1) is 22.9 Å². The molecule has 0 bridgehead atoms. The molecule has 2 atom stereocenters. The van der Waals surface area contributed by atoms with Gasteiger partial charge >= 0.3 is 0 Å². The number of halogens is 1. The smallest absolute Gasteiger partial charge is 0.267 e. The minimum absolute atomic E-state index is 0.0365. The van der Waals surface area contributed by atoms with Gasteiger partial charge in [0.2, 0.25) is 0 Å². The summed E-state index contributed by atoms with van der Waals surface area (Å²) in [6.45, 7) is 3.54. The largest absolute Gasteiger partial charge is 0.495 e. The maximum atomic E-state index is 12.3. The lowest BCUT2D eigenvalue weighted by atomic mass is 9.98. The predicted octanol–water partition coefficient (Wildman–Crippen LogP) is 2.85. The Bertz CT molecular complexity index is 407. The van der Waals surface area contributed by atoms with E-state index in [1.807, 2.05) is 16.3 Å². The molecule has 1 aromatic heterocycles. The molecule has 1 aromatic rings. The van der Waals surface area contributed by atoms with Crippen LogP contribution in [0.4, 0.5) is 0 Å². The van der Waals surface area contributed by atoms with Crippen LogP contribution in [0.2, 0.25) is 0 Å². The van der Waals surface area contributed by atoms with Gasteiger partial charge in [-0.3, -0.25) is 4.79 Å². The fraction of sp³-hybridized carbons (Fsp3) is 0.583. The van der Waals surface area contributed by atoms with E-state index in [2.05, 4.69) is 6.92 Å². The molecule has 5 heteroatoms. The number of nitrogens with zero attached hydrogens (tertiary/aromatic N) is 1. The van der Waals surface area contributed by atoms with Crippen LogP contribution in [0.25, 0.3) is 0 Å². The van der Waals surface area contributed by atoms with E-state index in [0.717, 1.165) is 13.0 Å². The van der Waals surface area contributed by atoms with Crippen LogP contribution < -0.4 is 4.74 Å². The van der Waals surface area contributed by atoms with E-state index < -0.39 is 0 Å². The highest BCUT2D eigenvalue weighted by Crippen LogP contribution is 2.29. The summed E-state index contributed by atoms with van der Waals surface area (Å²) >= 11 is 7.64. The number of amides is 1. The van der Waals surface area contributed by atoms with E-state index in [1.54, 1.807) is 7.11 Å². The third-order valence-electron chi connectivity index (χ3n) is 3.20. The summed E-state index contributed by atoms with van der Waals surface area (Å²) in [5.74, 6) is 1.17. The zero-order chi connectivity index (χ0) is 12.4. The first-order chi connectivity index (χ1) is 8.13. The van der Waals surface area contributed by atoms with Crippen molar-refractivity contribution in [2.24, 2.45) is 5.92 Å². The van der Waals surface area contributed by atoms with E-state index in [1.165, 1.54) is 11.3 Å². The van der Waals surface area contributed by atoms with Crippen molar-refractivity contribution in [2.75, 3.05) is 20.2 Å². The van der Waals surface area contributed by atoms with Gasteiger partial charge in [0, 0.05) is 13.1 Å². The first-order valence-corrected chi connectivity index (χ1v) is 7.00. The van der Waals surface area contributed by atoms with Crippen LogP contribution in [0.5, 0.6) is 5.75 Å². The Balaban J connectivity index is 2.10. The average molecular weight is 274 g/mol. The summed E-state index contributed by atoms with van der Waals surface area (Å²) in [5, 5.41) is 1.93. The molecule has 0 aliphatic carbocycles. The molecule has 1 amide bonds. The molecular formula is C12H16ClNO2S. The van der Waals surface area contributed by atoms with E-state index >= 15 is 0 Å². The van der Waals surface area contributed by atoms with Crippen molar-refractivity contribution in [2.45, 2.75) is 18.7 Å². The molecule has 1 aliphatic heterocycles. The average Bonchev–Trinajstić information content (AvgIpc) is 2.80. The first-order valence-electron chi connectivity index (χ1n) is 5.68. The van der Waals surface area contributed by atoms with Gasteiger partial charge in [0.25, 0.3) is 5.91 Å². The molecule has 17 heavy (non-hydrogen) atoms. The lowest BCUT2D eigenvalue weighted by Crippen LogP contribution is -2.43. The number of carbonyl (C=O) groups excluding carboxylic acids is 1. The maximum absolute atomic E-state index is 12.3. The number of hydrogen-bond acceptors (Lipinski definition) is 3. The first kappa shape index (κ1) is 12.7. The number of thiophene rings is 1. The van der Waals surface area contributed by atoms with Crippen molar-refractivity contribution >= 4 is 28.8 Å². The van der Waals surface area contributed by atoms with Crippen LogP contribution in [0.15, 0.2) is 11.4 Å². The van der Waals surface area contributed by atoms with Crippen molar-refractivity contribution in [3.63, 3.8) is 0 Å². The van der Waals surface area contributed by atoms with Gasteiger partial charge in [-0.2, -0.15) is 0 Å². The van der Waals surface area contributed by atoms with Gasteiger partial charge in [-0.25, -0.2) is 0 Å². The molecule has 0 spiro atoms. The molecule has 0 N–H and O–H groups in total. The SMILES string of the molecule is COc1ccsc1C(=O)N1CCC(C)C(Cl)C1. The summed E-state index contributed by atoms with van der Waals surface area (Å²) in [6, 6.07) is 1.82. The monoisotopic (exact) mass is 273 g/mol. The van der Waals surface area contributed by atoms with Gasteiger partial charge in [-0.1, -0.05) is 6.92 Å². The van der Waals surface area contributed by atoms with Crippen LogP contribution in [-0.4, -0.2) is 36.4 Å². The Hall–Kier alpha value is -0.740.